The van der Waals surface area contributed by atoms with Crippen LogP contribution in [0.15, 0.2) is 24.5 Å². The van der Waals surface area contributed by atoms with Crippen LogP contribution in [0.5, 0.6) is 0 Å². The minimum Gasteiger partial charge on any atom is -0.496 e. The summed E-state index contributed by atoms with van der Waals surface area (Å²) in [5.74, 6) is 0. The largest absolute Gasteiger partial charge is 0.496 e. The lowest BCUT2D eigenvalue weighted by Gasteiger charge is -2.15. The molecule has 0 saturated carbocycles. The highest BCUT2D eigenvalue weighted by atomic mass is 16.5. The number of rotatable bonds is 4. The average molecular weight is 201 g/mol. The number of unbranched alkanes of at least 4 members (excludes halogenated alkanes) is 2. The maximum absolute atomic E-state index is 5.29. The van der Waals surface area contributed by atoms with Crippen molar-refractivity contribution in [3.63, 3.8) is 0 Å². The van der Waals surface area contributed by atoms with Gasteiger partial charge in [0.15, 0.2) is 0 Å². The van der Waals surface area contributed by atoms with E-state index in [-0.39, 0.29) is 0 Å². The highest BCUT2D eigenvalue weighted by Gasteiger charge is 2.08. The molecule has 1 radical (unpaired) electrons. The van der Waals surface area contributed by atoms with Gasteiger partial charge in [0.05, 0.1) is 6.26 Å². The highest BCUT2D eigenvalue weighted by Crippen LogP contribution is 2.23. The Morgan fingerprint density at radius 3 is 3.07 bits per heavy atom. The fraction of sp³-hybridized carbons (Fsp3) is 0.357. The molecule has 0 aromatic heterocycles. The lowest BCUT2D eigenvalue weighted by molar-refractivity contribution is 0.234. The van der Waals surface area contributed by atoms with Crippen LogP contribution in [0.2, 0.25) is 0 Å². The van der Waals surface area contributed by atoms with Gasteiger partial charge in [0.1, 0.15) is 6.61 Å². The Morgan fingerprint density at radius 1 is 1.27 bits per heavy atom. The number of benzene rings is 1. The Bertz CT molecular complexity index is 352. The van der Waals surface area contributed by atoms with Crippen LogP contribution in [0.4, 0.5) is 0 Å². The molecule has 1 heterocycles. The molecule has 1 aliphatic heterocycles. The van der Waals surface area contributed by atoms with Gasteiger partial charge in [0.25, 0.3) is 0 Å². The van der Waals surface area contributed by atoms with Crippen molar-refractivity contribution in [2.24, 2.45) is 0 Å². The molecule has 2 rings (SSSR count). The lowest BCUT2D eigenvalue weighted by Crippen LogP contribution is -2.00. The number of aryl methyl sites for hydroxylation is 1. The summed E-state index contributed by atoms with van der Waals surface area (Å²) >= 11 is 0. The van der Waals surface area contributed by atoms with Crippen molar-refractivity contribution in [1.29, 1.82) is 0 Å². The van der Waals surface area contributed by atoms with Gasteiger partial charge in [0.2, 0.25) is 0 Å². The maximum Gasteiger partial charge on any atom is 0.113 e. The van der Waals surface area contributed by atoms with E-state index in [0.717, 1.165) is 19.4 Å². The summed E-state index contributed by atoms with van der Waals surface area (Å²) in [5.41, 5.74) is 4.12. The minimum atomic E-state index is 0.717. The van der Waals surface area contributed by atoms with Crippen molar-refractivity contribution in [2.45, 2.75) is 32.3 Å². The summed E-state index contributed by atoms with van der Waals surface area (Å²) in [5, 5.41) is 0. The van der Waals surface area contributed by atoms with E-state index in [1.807, 2.05) is 0 Å². The molecule has 0 N–H and O–H groups in total. The molecular formula is C14H17O. The quantitative estimate of drug-likeness (QED) is 0.674. The standard InChI is InChI=1S/C14H17O/c1-2-3-4-6-12-7-5-8-13-11-15-10-9-14(12)13/h5,7-10H,1-4,6,11H2. The van der Waals surface area contributed by atoms with Crippen LogP contribution in [0.3, 0.4) is 0 Å². The van der Waals surface area contributed by atoms with E-state index >= 15 is 0 Å². The molecule has 15 heavy (non-hydrogen) atoms. The van der Waals surface area contributed by atoms with Crippen molar-refractivity contribution in [2.75, 3.05) is 0 Å². The summed E-state index contributed by atoms with van der Waals surface area (Å²) in [6, 6.07) is 6.49. The second-order valence-corrected chi connectivity index (χ2v) is 3.91. The van der Waals surface area contributed by atoms with Crippen molar-refractivity contribution < 1.29 is 4.74 Å². The van der Waals surface area contributed by atoms with E-state index in [2.05, 4.69) is 31.2 Å². The fourth-order valence-electron chi connectivity index (χ4n) is 1.97. The smallest absolute Gasteiger partial charge is 0.113 e. The first-order valence-electron chi connectivity index (χ1n) is 5.60. The van der Waals surface area contributed by atoms with Gasteiger partial charge in [-0.3, -0.25) is 0 Å². The molecule has 0 aliphatic carbocycles. The van der Waals surface area contributed by atoms with Gasteiger partial charge >= 0.3 is 0 Å². The first-order valence-corrected chi connectivity index (χ1v) is 5.60. The third-order valence-corrected chi connectivity index (χ3v) is 2.80. The van der Waals surface area contributed by atoms with Crippen LogP contribution in [0.1, 0.15) is 36.0 Å². The zero-order chi connectivity index (χ0) is 10.5. The Morgan fingerprint density at radius 2 is 2.20 bits per heavy atom. The second-order valence-electron chi connectivity index (χ2n) is 3.91. The number of fused-ring (bicyclic) bond motifs is 1. The van der Waals surface area contributed by atoms with Gasteiger partial charge in [-0.2, -0.15) is 0 Å². The summed E-state index contributed by atoms with van der Waals surface area (Å²) in [7, 11) is 0. The SMILES string of the molecule is [CH2]CCCCc1cccc2c1C=COC2. The third kappa shape index (κ3) is 2.41. The Labute approximate surface area is 91.8 Å². The summed E-state index contributed by atoms with van der Waals surface area (Å²) in [4.78, 5) is 0. The molecule has 0 atom stereocenters. The Balaban J connectivity index is 2.14. The van der Waals surface area contributed by atoms with Crippen LogP contribution in [-0.2, 0) is 17.8 Å². The topological polar surface area (TPSA) is 9.23 Å². The van der Waals surface area contributed by atoms with Gasteiger partial charge < -0.3 is 4.74 Å². The minimum absolute atomic E-state index is 0.717. The molecule has 1 heteroatoms. The normalized spacial score (nSPS) is 13.4. The van der Waals surface area contributed by atoms with Crippen LogP contribution in [0, 0.1) is 6.92 Å². The molecule has 0 saturated heterocycles. The number of hydrogen-bond acceptors (Lipinski definition) is 1. The summed E-state index contributed by atoms with van der Waals surface area (Å²) in [6.45, 7) is 4.59. The van der Waals surface area contributed by atoms with Gasteiger partial charge in [-0.25, -0.2) is 0 Å². The van der Waals surface area contributed by atoms with Crippen LogP contribution >= 0.6 is 0 Å². The van der Waals surface area contributed by atoms with E-state index in [4.69, 9.17) is 4.74 Å². The predicted octanol–water partition coefficient (Wildman–Crippen LogP) is 3.73. The average Bonchev–Trinajstić information content (AvgIpc) is 2.30. The van der Waals surface area contributed by atoms with Gasteiger partial charge in [-0.05, 0) is 35.6 Å². The first-order chi connectivity index (χ1) is 7.42. The van der Waals surface area contributed by atoms with Crippen molar-refractivity contribution in [1.82, 2.24) is 0 Å². The van der Waals surface area contributed by atoms with Gasteiger partial charge in [0, 0.05) is 0 Å². The molecule has 0 unspecified atom stereocenters. The lowest BCUT2D eigenvalue weighted by atomic mass is 9.96. The van der Waals surface area contributed by atoms with Crippen molar-refractivity contribution in [3.05, 3.63) is 48.1 Å². The van der Waals surface area contributed by atoms with Crippen LogP contribution < -0.4 is 0 Å². The van der Waals surface area contributed by atoms with E-state index in [1.165, 1.54) is 29.5 Å². The molecule has 0 amide bonds. The molecule has 0 fully saturated rings. The molecule has 1 nitrogen and oxygen atoms in total. The predicted molar refractivity (Wildman–Crippen MR) is 63.2 cm³/mol. The monoisotopic (exact) mass is 201 g/mol. The van der Waals surface area contributed by atoms with E-state index < -0.39 is 0 Å². The molecule has 1 aromatic carbocycles. The molecule has 0 bridgehead atoms. The van der Waals surface area contributed by atoms with Gasteiger partial charge in [-0.15, -0.1) is 0 Å². The molecule has 0 spiro atoms. The Hall–Kier alpha value is -1.24. The Kier molecular flexibility index (Phi) is 3.44. The van der Waals surface area contributed by atoms with Gasteiger partial charge in [-0.1, -0.05) is 38.0 Å². The van der Waals surface area contributed by atoms with E-state index in [9.17, 15) is 0 Å². The zero-order valence-corrected chi connectivity index (χ0v) is 9.04. The molecule has 79 valence electrons. The zero-order valence-electron chi connectivity index (χ0n) is 9.04. The first kappa shape index (κ1) is 10.3. The van der Waals surface area contributed by atoms with Crippen LogP contribution in [-0.4, -0.2) is 0 Å². The molecule has 1 aromatic rings. The third-order valence-electron chi connectivity index (χ3n) is 2.80. The highest BCUT2D eigenvalue weighted by molar-refractivity contribution is 5.58. The summed E-state index contributed by atoms with van der Waals surface area (Å²) < 4.78 is 5.29. The molecular weight excluding hydrogens is 184 g/mol. The summed E-state index contributed by atoms with van der Waals surface area (Å²) in [6.07, 6.45) is 8.51. The number of ether oxygens (including phenoxy) is 1. The maximum atomic E-state index is 5.29. The van der Waals surface area contributed by atoms with Crippen LogP contribution in [0.25, 0.3) is 6.08 Å². The van der Waals surface area contributed by atoms with E-state index in [1.54, 1.807) is 6.26 Å². The second kappa shape index (κ2) is 5.01. The fourth-order valence-corrected chi connectivity index (χ4v) is 1.97. The number of hydrogen-bond donors (Lipinski definition) is 0. The van der Waals surface area contributed by atoms with Crippen molar-refractivity contribution in [3.8, 4) is 0 Å². The van der Waals surface area contributed by atoms with Crippen molar-refractivity contribution >= 4 is 6.08 Å². The molecule has 1 aliphatic rings. The van der Waals surface area contributed by atoms with E-state index in [0.29, 0.717) is 0 Å².